The molecule has 2 aromatic rings. The number of amides is 1. The molecular weight excluding hydrogens is 308 g/mol. The molecule has 2 aliphatic rings. The van der Waals surface area contributed by atoms with E-state index in [2.05, 4.69) is 18.2 Å². The summed E-state index contributed by atoms with van der Waals surface area (Å²) in [5.41, 5.74) is 4.64. The number of nitrogens with zero attached hydrogens (tertiary/aromatic N) is 2. The highest BCUT2D eigenvalue weighted by Crippen LogP contribution is 2.43. The van der Waals surface area contributed by atoms with Crippen LogP contribution in [-0.4, -0.2) is 16.6 Å². The second kappa shape index (κ2) is 5.50. The summed E-state index contributed by atoms with van der Waals surface area (Å²) >= 11 is 6.01. The fourth-order valence-corrected chi connectivity index (χ4v) is 3.85. The summed E-state index contributed by atoms with van der Waals surface area (Å²) in [4.78, 5) is 12.1. The van der Waals surface area contributed by atoms with Gasteiger partial charge in [0.25, 0.3) is 0 Å². The minimum atomic E-state index is -0.0341. The largest absolute Gasteiger partial charge is 0.273 e. The van der Waals surface area contributed by atoms with Gasteiger partial charge in [0.15, 0.2) is 0 Å². The van der Waals surface area contributed by atoms with Crippen LogP contribution in [0.4, 0.5) is 0 Å². The van der Waals surface area contributed by atoms with Crippen LogP contribution in [0.3, 0.4) is 0 Å². The number of hydrogen-bond donors (Lipinski definition) is 0. The second-order valence-electron chi connectivity index (χ2n) is 6.15. The van der Waals surface area contributed by atoms with Gasteiger partial charge in [-0.1, -0.05) is 48.0 Å². The molecule has 0 N–H and O–H groups in total. The van der Waals surface area contributed by atoms with Gasteiger partial charge in [-0.25, -0.2) is 5.01 Å². The fourth-order valence-electron chi connectivity index (χ4n) is 3.72. The van der Waals surface area contributed by atoms with Crippen molar-refractivity contribution in [3.05, 3.63) is 70.2 Å². The topological polar surface area (TPSA) is 32.7 Å². The summed E-state index contributed by atoms with van der Waals surface area (Å²) in [6, 6.07) is 16.1. The van der Waals surface area contributed by atoms with Crippen molar-refractivity contribution in [2.75, 3.05) is 0 Å². The van der Waals surface area contributed by atoms with Gasteiger partial charge < -0.3 is 0 Å². The summed E-state index contributed by atoms with van der Waals surface area (Å²) in [7, 11) is 0. The first kappa shape index (κ1) is 14.5. The Balaban J connectivity index is 1.80. The summed E-state index contributed by atoms with van der Waals surface area (Å²) in [5, 5.41) is 7.05. The predicted molar refractivity (Wildman–Crippen MR) is 91.5 cm³/mol. The van der Waals surface area contributed by atoms with Gasteiger partial charge in [-0.3, -0.25) is 4.79 Å². The van der Waals surface area contributed by atoms with E-state index in [4.69, 9.17) is 16.7 Å². The van der Waals surface area contributed by atoms with Crippen molar-refractivity contribution >= 4 is 23.2 Å². The highest BCUT2D eigenvalue weighted by Gasteiger charge is 2.42. The Morgan fingerprint density at radius 2 is 1.91 bits per heavy atom. The minimum absolute atomic E-state index is 0.0238. The number of halogens is 1. The van der Waals surface area contributed by atoms with Crippen molar-refractivity contribution in [2.45, 2.75) is 25.8 Å². The number of carbonyl (C=O) groups is 1. The van der Waals surface area contributed by atoms with E-state index in [1.54, 1.807) is 11.9 Å². The molecule has 4 rings (SSSR count). The molecule has 0 radical (unpaired) electrons. The Hall–Kier alpha value is -2.13. The molecule has 0 unspecified atom stereocenters. The average Bonchev–Trinajstić information content (AvgIpc) is 2.96. The smallest absolute Gasteiger partial charge is 0.240 e. The van der Waals surface area contributed by atoms with E-state index in [0.717, 1.165) is 24.1 Å². The zero-order chi connectivity index (χ0) is 16.0. The molecule has 23 heavy (non-hydrogen) atoms. The number of fused-ring (bicyclic) bond motifs is 3. The van der Waals surface area contributed by atoms with Gasteiger partial charge in [0.05, 0.1) is 11.8 Å². The summed E-state index contributed by atoms with van der Waals surface area (Å²) in [6.45, 7) is 1.58. The Bertz CT molecular complexity index is 797. The number of carbonyl (C=O) groups excluding carboxylic acids is 1. The maximum absolute atomic E-state index is 12.1. The molecule has 1 heterocycles. The molecule has 2 atom stereocenters. The standard InChI is InChI=1S/C19H17ClN2O/c1-12(23)22-19(14-6-9-15(20)10-7-14)17-11-8-13-4-2-3-5-16(13)18(17)21-22/h2-7,9-10,17,19H,8,11H2,1H3/t17-,19-/m0/s1. The molecule has 116 valence electrons. The molecule has 0 aromatic heterocycles. The van der Waals surface area contributed by atoms with Gasteiger partial charge >= 0.3 is 0 Å². The number of rotatable bonds is 1. The maximum atomic E-state index is 12.1. The zero-order valence-electron chi connectivity index (χ0n) is 12.9. The van der Waals surface area contributed by atoms with E-state index >= 15 is 0 Å². The molecule has 1 aliphatic carbocycles. The lowest BCUT2D eigenvalue weighted by Gasteiger charge is -2.29. The third-order valence-electron chi connectivity index (χ3n) is 4.76. The molecule has 2 aromatic carbocycles. The number of benzene rings is 2. The molecule has 4 heteroatoms. The van der Waals surface area contributed by atoms with Crippen molar-refractivity contribution < 1.29 is 4.79 Å². The minimum Gasteiger partial charge on any atom is -0.273 e. The van der Waals surface area contributed by atoms with Crippen LogP contribution >= 0.6 is 11.6 Å². The number of hydrazone groups is 1. The van der Waals surface area contributed by atoms with Gasteiger partial charge in [-0.2, -0.15) is 5.10 Å². The van der Waals surface area contributed by atoms with E-state index in [9.17, 15) is 4.79 Å². The lowest BCUT2D eigenvalue weighted by atomic mass is 9.77. The van der Waals surface area contributed by atoms with Crippen molar-refractivity contribution in [3.63, 3.8) is 0 Å². The SMILES string of the molecule is CC(=O)N1N=C2c3ccccc3CC[C@@H]2[C@@H]1c1ccc(Cl)cc1. The van der Waals surface area contributed by atoms with Crippen LogP contribution in [0.25, 0.3) is 0 Å². The molecule has 0 saturated carbocycles. The Kier molecular flexibility index (Phi) is 3.46. The van der Waals surface area contributed by atoms with Crippen LogP contribution in [0.2, 0.25) is 5.02 Å². The molecule has 0 spiro atoms. The lowest BCUT2D eigenvalue weighted by Crippen LogP contribution is -2.30. The summed E-state index contributed by atoms with van der Waals surface area (Å²) in [6.07, 6.45) is 2.03. The molecule has 0 fully saturated rings. The second-order valence-corrected chi connectivity index (χ2v) is 6.58. The first-order valence-electron chi connectivity index (χ1n) is 7.87. The van der Waals surface area contributed by atoms with E-state index in [1.165, 1.54) is 11.1 Å². The van der Waals surface area contributed by atoms with Crippen molar-refractivity contribution in [2.24, 2.45) is 11.0 Å². The van der Waals surface area contributed by atoms with Gasteiger partial charge in [0.2, 0.25) is 5.91 Å². The van der Waals surface area contributed by atoms with Crippen LogP contribution < -0.4 is 0 Å². The molecule has 3 nitrogen and oxygen atoms in total. The lowest BCUT2D eigenvalue weighted by molar-refractivity contribution is -0.131. The molecular formula is C19H17ClN2O. The third-order valence-corrected chi connectivity index (χ3v) is 5.02. The van der Waals surface area contributed by atoms with E-state index in [0.29, 0.717) is 5.02 Å². The Morgan fingerprint density at radius 1 is 1.17 bits per heavy atom. The van der Waals surface area contributed by atoms with Gasteiger partial charge in [-0.15, -0.1) is 0 Å². The first-order chi connectivity index (χ1) is 11.1. The highest BCUT2D eigenvalue weighted by molar-refractivity contribution is 6.30. The van der Waals surface area contributed by atoms with Crippen molar-refractivity contribution in [3.8, 4) is 0 Å². The van der Waals surface area contributed by atoms with Crippen LogP contribution in [0.5, 0.6) is 0 Å². The van der Waals surface area contributed by atoms with E-state index in [1.807, 2.05) is 30.3 Å². The molecule has 1 aliphatic heterocycles. The summed E-state index contributed by atoms with van der Waals surface area (Å²) < 4.78 is 0. The molecule has 0 bridgehead atoms. The zero-order valence-corrected chi connectivity index (χ0v) is 13.6. The quantitative estimate of drug-likeness (QED) is 0.773. The van der Waals surface area contributed by atoms with Crippen molar-refractivity contribution in [1.82, 2.24) is 5.01 Å². The van der Waals surface area contributed by atoms with Gasteiger partial charge in [0.1, 0.15) is 0 Å². The number of aryl methyl sites for hydroxylation is 1. The third kappa shape index (κ3) is 2.36. The fraction of sp³-hybridized carbons (Fsp3) is 0.263. The maximum Gasteiger partial charge on any atom is 0.240 e. The number of hydrogen-bond acceptors (Lipinski definition) is 2. The first-order valence-corrected chi connectivity index (χ1v) is 8.25. The Morgan fingerprint density at radius 3 is 2.65 bits per heavy atom. The van der Waals surface area contributed by atoms with Crippen molar-refractivity contribution in [1.29, 1.82) is 0 Å². The van der Waals surface area contributed by atoms with Gasteiger partial charge in [-0.05, 0) is 36.1 Å². The molecule has 1 amide bonds. The van der Waals surface area contributed by atoms with Gasteiger partial charge in [0, 0.05) is 23.4 Å². The highest BCUT2D eigenvalue weighted by atomic mass is 35.5. The van der Waals surface area contributed by atoms with E-state index < -0.39 is 0 Å². The predicted octanol–water partition coefficient (Wildman–Crippen LogP) is 4.21. The van der Waals surface area contributed by atoms with E-state index in [-0.39, 0.29) is 17.9 Å². The monoisotopic (exact) mass is 324 g/mol. The van der Waals surface area contributed by atoms with Crippen LogP contribution in [0.1, 0.15) is 36.1 Å². The Labute approximate surface area is 140 Å². The summed E-state index contributed by atoms with van der Waals surface area (Å²) in [5.74, 6) is 0.222. The van der Waals surface area contributed by atoms with Crippen LogP contribution in [-0.2, 0) is 11.2 Å². The van der Waals surface area contributed by atoms with Crippen LogP contribution in [0.15, 0.2) is 53.6 Å². The average molecular weight is 325 g/mol. The van der Waals surface area contributed by atoms with Crippen LogP contribution in [0, 0.1) is 5.92 Å². The normalized spacial score (nSPS) is 22.3. The molecule has 0 saturated heterocycles.